The Morgan fingerprint density at radius 3 is 2.24 bits per heavy atom. The lowest BCUT2D eigenvalue weighted by atomic mass is 10.2. The van der Waals surface area contributed by atoms with Gasteiger partial charge in [0.05, 0.1) is 5.25 Å². The van der Waals surface area contributed by atoms with Gasteiger partial charge in [0.25, 0.3) is 0 Å². The summed E-state index contributed by atoms with van der Waals surface area (Å²) in [6.45, 7) is 12.2. The van der Waals surface area contributed by atoms with Gasteiger partial charge in [0.15, 0.2) is 0 Å². The average Bonchev–Trinajstić information content (AvgIpc) is 2.39. The van der Waals surface area contributed by atoms with Crippen LogP contribution in [0, 0.1) is 5.92 Å². The Morgan fingerprint density at radius 2 is 1.71 bits per heavy atom. The SMILES string of the molecule is CC(C)CNCc1ccc(SC(C)C(=O)NC(C)C)cc1. The van der Waals surface area contributed by atoms with E-state index in [0.29, 0.717) is 5.92 Å². The van der Waals surface area contributed by atoms with Crippen LogP contribution in [0.2, 0.25) is 0 Å². The number of hydrogen-bond donors (Lipinski definition) is 2. The van der Waals surface area contributed by atoms with E-state index in [2.05, 4.69) is 48.7 Å². The van der Waals surface area contributed by atoms with Gasteiger partial charge in [0, 0.05) is 17.5 Å². The summed E-state index contributed by atoms with van der Waals surface area (Å²) in [4.78, 5) is 13.0. The van der Waals surface area contributed by atoms with Crippen LogP contribution in [0.25, 0.3) is 0 Å². The molecule has 0 aliphatic rings. The smallest absolute Gasteiger partial charge is 0.233 e. The highest BCUT2D eigenvalue weighted by atomic mass is 32.2. The molecule has 1 aromatic rings. The van der Waals surface area contributed by atoms with Gasteiger partial charge >= 0.3 is 0 Å². The molecule has 0 radical (unpaired) electrons. The third-order valence-corrected chi connectivity index (χ3v) is 4.03. The summed E-state index contributed by atoms with van der Waals surface area (Å²) >= 11 is 1.60. The van der Waals surface area contributed by atoms with Gasteiger partial charge in [-0.3, -0.25) is 4.79 Å². The minimum Gasteiger partial charge on any atom is -0.353 e. The normalized spacial score (nSPS) is 12.7. The van der Waals surface area contributed by atoms with Crippen molar-refractivity contribution in [2.45, 2.75) is 57.4 Å². The molecule has 2 N–H and O–H groups in total. The molecule has 1 aromatic carbocycles. The maximum absolute atomic E-state index is 11.9. The van der Waals surface area contributed by atoms with E-state index in [-0.39, 0.29) is 17.2 Å². The second kappa shape index (κ2) is 9.11. The highest BCUT2D eigenvalue weighted by Crippen LogP contribution is 2.23. The lowest BCUT2D eigenvalue weighted by Crippen LogP contribution is -2.35. The fraction of sp³-hybridized carbons (Fsp3) is 0.588. The molecule has 4 heteroatoms. The second-order valence-corrected chi connectivity index (χ2v) is 7.51. The van der Waals surface area contributed by atoms with Crippen LogP contribution in [0.5, 0.6) is 0 Å². The van der Waals surface area contributed by atoms with Crippen molar-refractivity contribution in [3.63, 3.8) is 0 Å². The van der Waals surface area contributed by atoms with E-state index < -0.39 is 0 Å². The van der Waals surface area contributed by atoms with Crippen molar-refractivity contribution in [2.75, 3.05) is 6.54 Å². The van der Waals surface area contributed by atoms with Crippen LogP contribution in [0.4, 0.5) is 0 Å². The third-order valence-electron chi connectivity index (χ3n) is 2.92. The molecule has 0 heterocycles. The fourth-order valence-electron chi connectivity index (χ4n) is 1.85. The van der Waals surface area contributed by atoms with Gasteiger partial charge in [-0.2, -0.15) is 0 Å². The predicted molar refractivity (Wildman–Crippen MR) is 91.6 cm³/mol. The van der Waals surface area contributed by atoms with Crippen LogP contribution in [0.3, 0.4) is 0 Å². The first-order valence-corrected chi connectivity index (χ1v) is 8.53. The van der Waals surface area contributed by atoms with E-state index in [1.165, 1.54) is 5.56 Å². The first-order valence-electron chi connectivity index (χ1n) is 7.65. The summed E-state index contributed by atoms with van der Waals surface area (Å²) < 4.78 is 0. The van der Waals surface area contributed by atoms with Crippen molar-refractivity contribution < 1.29 is 4.79 Å². The number of carbonyl (C=O) groups excluding carboxylic acids is 1. The monoisotopic (exact) mass is 308 g/mol. The van der Waals surface area contributed by atoms with E-state index in [9.17, 15) is 4.79 Å². The Bertz CT molecular complexity index is 429. The van der Waals surface area contributed by atoms with Gasteiger partial charge in [0.2, 0.25) is 5.91 Å². The molecule has 0 saturated carbocycles. The van der Waals surface area contributed by atoms with Gasteiger partial charge in [-0.1, -0.05) is 26.0 Å². The number of amides is 1. The second-order valence-electron chi connectivity index (χ2n) is 6.09. The number of carbonyl (C=O) groups is 1. The molecule has 1 atom stereocenters. The van der Waals surface area contributed by atoms with Crippen LogP contribution in [0.15, 0.2) is 29.2 Å². The fourth-order valence-corrected chi connectivity index (χ4v) is 2.73. The van der Waals surface area contributed by atoms with Gasteiger partial charge in [-0.15, -0.1) is 11.8 Å². The molecule has 118 valence electrons. The molecular formula is C17H28N2OS. The lowest BCUT2D eigenvalue weighted by Gasteiger charge is -2.14. The highest BCUT2D eigenvalue weighted by Gasteiger charge is 2.14. The zero-order valence-corrected chi connectivity index (χ0v) is 14.6. The van der Waals surface area contributed by atoms with Crippen LogP contribution in [0.1, 0.15) is 40.2 Å². The minimum absolute atomic E-state index is 0.0719. The molecule has 1 amide bonds. The number of rotatable bonds is 8. The van der Waals surface area contributed by atoms with Crippen molar-refractivity contribution >= 4 is 17.7 Å². The van der Waals surface area contributed by atoms with E-state index >= 15 is 0 Å². The lowest BCUT2D eigenvalue weighted by molar-refractivity contribution is -0.120. The van der Waals surface area contributed by atoms with Crippen molar-refractivity contribution in [3.8, 4) is 0 Å². The highest BCUT2D eigenvalue weighted by molar-refractivity contribution is 8.00. The predicted octanol–water partition coefficient (Wildman–Crippen LogP) is 3.44. The Kier molecular flexibility index (Phi) is 7.83. The maximum atomic E-state index is 11.9. The summed E-state index contributed by atoms with van der Waals surface area (Å²) in [6, 6.07) is 8.63. The largest absolute Gasteiger partial charge is 0.353 e. The Morgan fingerprint density at radius 1 is 1.10 bits per heavy atom. The Balaban J connectivity index is 2.45. The molecule has 21 heavy (non-hydrogen) atoms. The van der Waals surface area contributed by atoms with Crippen molar-refractivity contribution in [2.24, 2.45) is 5.92 Å². The van der Waals surface area contributed by atoms with Crippen LogP contribution >= 0.6 is 11.8 Å². The molecule has 1 rings (SSSR count). The number of benzene rings is 1. The van der Waals surface area contributed by atoms with E-state index in [0.717, 1.165) is 18.0 Å². The van der Waals surface area contributed by atoms with Gasteiger partial charge < -0.3 is 10.6 Å². The Labute approximate surface area is 133 Å². The van der Waals surface area contributed by atoms with Crippen molar-refractivity contribution in [3.05, 3.63) is 29.8 Å². The molecule has 0 bridgehead atoms. The van der Waals surface area contributed by atoms with Gasteiger partial charge in [0.1, 0.15) is 0 Å². The van der Waals surface area contributed by atoms with Crippen molar-refractivity contribution in [1.29, 1.82) is 0 Å². The first-order chi connectivity index (χ1) is 9.88. The van der Waals surface area contributed by atoms with Crippen LogP contribution in [-0.2, 0) is 11.3 Å². The molecule has 1 unspecified atom stereocenters. The minimum atomic E-state index is -0.0719. The van der Waals surface area contributed by atoms with Gasteiger partial charge in [-0.05, 0) is 50.9 Å². The van der Waals surface area contributed by atoms with Gasteiger partial charge in [-0.25, -0.2) is 0 Å². The summed E-state index contributed by atoms with van der Waals surface area (Å²) in [7, 11) is 0. The topological polar surface area (TPSA) is 41.1 Å². The number of hydrogen-bond acceptors (Lipinski definition) is 3. The maximum Gasteiger partial charge on any atom is 0.233 e. The summed E-state index contributed by atoms with van der Waals surface area (Å²) in [5.41, 5.74) is 1.28. The molecule has 0 aliphatic carbocycles. The van der Waals surface area contributed by atoms with E-state index in [4.69, 9.17) is 0 Å². The Hall–Kier alpha value is -1.00. The standard InChI is InChI=1S/C17H28N2OS/c1-12(2)10-18-11-15-6-8-16(9-7-15)21-14(5)17(20)19-13(3)4/h6-9,12-14,18H,10-11H2,1-5H3,(H,19,20). The van der Waals surface area contributed by atoms with Crippen LogP contribution < -0.4 is 10.6 Å². The van der Waals surface area contributed by atoms with E-state index in [1.54, 1.807) is 11.8 Å². The summed E-state index contributed by atoms with van der Waals surface area (Å²) in [5, 5.41) is 6.30. The molecular weight excluding hydrogens is 280 g/mol. The summed E-state index contributed by atoms with van der Waals surface area (Å²) in [6.07, 6.45) is 0. The zero-order chi connectivity index (χ0) is 15.8. The molecule has 0 aromatic heterocycles. The quantitative estimate of drug-likeness (QED) is 0.723. The van der Waals surface area contributed by atoms with Crippen molar-refractivity contribution in [1.82, 2.24) is 10.6 Å². The molecule has 0 aliphatic heterocycles. The zero-order valence-electron chi connectivity index (χ0n) is 13.8. The van der Waals surface area contributed by atoms with E-state index in [1.807, 2.05) is 20.8 Å². The first kappa shape index (κ1) is 18.1. The molecule has 3 nitrogen and oxygen atoms in total. The molecule has 0 fully saturated rings. The number of nitrogens with one attached hydrogen (secondary N) is 2. The van der Waals surface area contributed by atoms with Crippen LogP contribution in [-0.4, -0.2) is 23.7 Å². The molecule has 0 saturated heterocycles. The third kappa shape index (κ3) is 7.53. The summed E-state index contributed by atoms with van der Waals surface area (Å²) in [5.74, 6) is 0.762. The number of thioether (sulfide) groups is 1. The average molecular weight is 308 g/mol. The molecule has 0 spiro atoms.